The molecule has 0 amide bonds. The van der Waals surface area contributed by atoms with Gasteiger partial charge in [-0.1, -0.05) is 0 Å². The van der Waals surface area contributed by atoms with Crippen LogP contribution < -0.4 is 14.2 Å². The summed E-state index contributed by atoms with van der Waals surface area (Å²) in [5, 5.41) is 0. The van der Waals surface area contributed by atoms with E-state index in [4.69, 9.17) is 9.47 Å². The van der Waals surface area contributed by atoms with Crippen molar-refractivity contribution in [1.29, 1.82) is 0 Å². The summed E-state index contributed by atoms with van der Waals surface area (Å²) in [6.07, 6.45) is 3.94. The highest BCUT2D eigenvalue weighted by Gasteiger charge is 2.46. The van der Waals surface area contributed by atoms with Crippen molar-refractivity contribution in [3.63, 3.8) is 0 Å². The zero-order valence-corrected chi connectivity index (χ0v) is 20.7. The number of hydrogen-bond acceptors (Lipinski definition) is 7. The van der Waals surface area contributed by atoms with Crippen molar-refractivity contribution < 1.29 is 26.3 Å². The van der Waals surface area contributed by atoms with Crippen LogP contribution in [0.5, 0.6) is 11.5 Å². The van der Waals surface area contributed by atoms with Crippen LogP contribution in [0.25, 0.3) is 0 Å². The number of sulfonamides is 2. The Morgan fingerprint density at radius 3 is 2.70 bits per heavy atom. The van der Waals surface area contributed by atoms with Crippen molar-refractivity contribution >= 4 is 20.0 Å². The van der Waals surface area contributed by atoms with Crippen LogP contribution in [0.3, 0.4) is 0 Å². The number of ether oxygens (including phenoxy) is 2. The summed E-state index contributed by atoms with van der Waals surface area (Å²) >= 11 is 0. The molecule has 0 unspecified atom stereocenters. The average Bonchev–Trinajstić information content (AvgIpc) is 3.26. The van der Waals surface area contributed by atoms with Gasteiger partial charge in [-0.15, -0.1) is 0 Å². The lowest BCUT2D eigenvalue weighted by molar-refractivity contribution is 0.0219. The summed E-state index contributed by atoms with van der Waals surface area (Å²) in [5.41, 5.74) is 2.51. The smallest absolute Gasteiger partial charge is 0.231 e. The molecular weight excluding hydrogens is 466 g/mol. The Labute approximate surface area is 196 Å². The fourth-order valence-electron chi connectivity index (χ4n) is 5.84. The molecule has 4 heterocycles. The Hall–Kier alpha value is -1.40. The van der Waals surface area contributed by atoms with E-state index in [0.29, 0.717) is 12.5 Å². The summed E-state index contributed by atoms with van der Waals surface area (Å²) in [4.78, 5) is 2.52. The third kappa shape index (κ3) is 4.62. The van der Waals surface area contributed by atoms with E-state index >= 15 is 0 Å². The summed E-state index contributed by atoms with van der Waals surface area (Å²) in [5.74, 6) is 1.87. The van der Waals surface area contributed by atoms with Gasteiger partial charge < -0.3 is 9.47 Å². The first-order chi connectivity index (χ1) is 15.8. The number of rotatable bonds is 7. The highest BCUT2D eigenvalue weighted by molar-refractivity contribution is 7.89. The fourth-order valence-corrected chi connectivity index (χ4v) is 8.32. The number of hydrogen-bond donors (Lipinski definition) is 1. The molecule has 4 aliphatic heterocycles. The third-order valence-electron chi connectivity index (χ3n) is 7.54. The third-order valence-corrected chi connectivity index (χ3v) is 10.9. The lowest BCUT2D eigenvalue weighted by atomic mass is 9.77. The first-order valence-corrected chi connectivity index (χ1v) is 15.2. The lowest BCUT2D eigenvalue weighted by Gasteiger charge is -2.51. The van der Waals surface area contributed by atoms with Crippen molar-refractivity contribution in [3.05, 3.63) is 23.3 Å². The second-order valence-electron chi connectivity index (χ2n) is 9.45. The van der Waals surface area contributed by atoms with Gasteiger partial charge in [0.15, 0.2) is 11.5 Å². The van der Waals surface area contributed by atoms with Crippen LogP contribution in [0.15, 0.2) is 12.1 Å². The zero-order chi connectivity index (χ0) is 23.2. The van der Waals surface area contributed by atoms with E-state index in [-0.39, 0.29) is 43.3 Å². The molecule has 33 heavy (non-hydrogen) atoms. The SMILES string of the molecule is CCS(=O)(=O)NCCCS(=O)(=O)N1CCC[C@H]2CN3CCc4cc5c(cc4[C@@H]3C[C@H]21)OCO5. The van der Waals surface area contributed by atoms with Crippen LogP contribution in [0.2, 0.25) is 0 Å². The number of benzene rings is 1. The molecule has 11 heteroatoms. The van der Waals surface area contributed by atoms with Gasteiger partial charge in [-0.05, 0) is 68.2 Å². The maximum atomic E-state index is 13.3. The van der Waals surface area contributed by atoms with Crippen molar-refractivity contribution in [2.45, 2.75) is 51.1 Å². The summed E-state index contributed by atoms with van der Waals surface area (Å²) in [7, 11) is -6.78. The summed E-state index contributed by atoms with van der Waals surface area (Å²) in [6, 6.07) is 4.34. The Kier molecular flexibility index (Phi) is 6.36. The summed E-state index contributed by atoms with van der Waals surface area (Å²) < 4.78 is 65.2. The highest BCUT2D eigenvalue weighted by Crippen LogP contribution is 2.46. The van der Waals surface area contributed by atoms with Gasteiger partial charge in [0.1, 0.15) is 0 Å². The first kappa shape index (κ1) is 23.3. The molecule has 5 rings (SSSR count). The second-order valence-corrected chi connectivity index (χ2v) is 13.6. The molecule has 1 aromatic carbocycles. The molecular formula is C22H33N3O6S2. The topological polar surface area (TPSA) is 105 Å². The molecule has 0 aromatic heterocycles. The van der Waals surface area contributed by atoms with Crippen molar-refractivity contribution in [1.82, 2.24) is 13.9 Å². The molecule has 3 atom stereocenters. The average molecular weight is 500 g/mol. The Bertz CT molecular complexity index is 1110. The fraction of sp³-hybridized carbons (Fsp3) is 0.727. The van der Waals surface area contributed by atoms with Crippen LogP contribution in [0.1, 0.15) is 49.8 Å². The van der Waals surface area contributed by atoms with Crippen LogP contribution in [0.4, 0.5) is 0 Å². The van der Waals surface area contributed by atoms with E-state index in [1.54, 1.807) is 11.2 Å². The Morgan fingerprint density at radius 1 is 1.12 bits per heavy atom. The molecule has 0 radical (unpaired) electrons. The van der Waals surface area contributed by atoms with Gasteiger partial charge in [0.25, 0.3) is 0 Å². The van der Waals surface area contributed by atoms with Crippen LogP contribution >= 0.6 is 0 Å². The molecule has 0 spiro atoms. The molecule has 0 bridgehead atoms. The van der Waals surface area contributed by atoms with E-state index in [2.05, 4.69) is 21.8 Å². The number of nitrogens with one attached hydrogen (secondary N) is 1. The van der Waals surface area contributed by atoms with Crippen molar-refractivity contribution in [2.24, 2.45) is 5.92 Å². The lowest BCUT2D eigenvalue weighted by Crippen LogP contribution is -2.57. The van der Waals surface area contributed by atoms with Gasteiger partial charge in [-0.2, -0.15) is 4.31 Å². The molecule has 184 valence electrons. The van der Waals surface area contributed by atoms with Crippen LogP contribution in [0, 0.1) is 5.92 Å². The number of piperidine rings is 2. The standard InChI is InChI=1S/C22H33N3O6S2/c1-2-32(26,27)23-7-4-10-33(28,29)25-8-3-5-17-14-24-9-6-16-11-21-22(31-15-30-21)12-18(16)20(24)13-19(17)25/h11-12,17,19-20,23H,2-10,13-15H2,1H3/t17-,19+,20-/m0/s1. The van der Waals surface area contributed by atoms with Crippen molar-refractivity contribution in [3.8, 4) is 11.5 Å². The Balaban J connectivity index is 1.32. The predicted molar refractivity (Wildman–Crippen MR) is 124 cm³/mol. The predicted octanol–water partition coefficient (Wildman–Crippen LogP) is 1.46. The largest absolute Gasteiger partial charge is 0.454 e. The minimum absolute atomic E-state index is 0.00460. The van der Waals surface area contributed by atoms with E-state index in [1.807, 2.05) is 0 Å². The maximum absolute atomic E-state index is 13.3. The maximum Gasteiger partial charge on any atom is 0.231 e. The van der Waals surface area contributed by atoms with E-state index in [1.165, 1.54) is 11.1 Å². The van der Waals surface area contributed by atoms with Gasteiger partial charge in [-0.25, -0.2) is 21.6 Å². The normalized spacial score (nSPS) is 27.6. The first-order valence-electron chi connectivity index (χ1n) is 11.9. The quantitative estimate of drug-likeness (QED) is 0.566. The van der Waals surface area contributed by atoms with E-state index in [0.717, 1.165) is 50.3 Å². The van der Waals surface area contributed by atoms with E-state index in [9.17, 15) is 16.8 Å². The molecule has 1 N–H and O–H groups in total. The minimum atomic E-state index is -3.47. The van der Waals surface area contributed by atoms with Gasteiger partial charge >= 0.3 is 0 Å². The van der Waals surface area contributed by atoms with Crippen LogP contribution in [-0.4, -0.2) is 76.6 Å². The molecule has 1 aromatic rings. The van der Waals surface area contributed by atoms with Gasteiger partial charge in [0, 0.05) is 38.3 Å². The zero-order valence-electron chi connectivity index (χ0n) is 19.0. The molecule has 4 aliphatic rings. The molecule has 0 aliphatic carbocycles. The van der Waals surface area contributed by atoms with Gasteiger partial charge in [0.2, 0.25) is 26.8 Å². The van der Waals surface area contributed by atoms with Gasteiger partial charge in [-0.3, -0.25) is 4.90 Å². The second kappa shape index (κ2) is 8.99. The number of fused-ring (bicyclic) bond motifs is 5. The molecule has 2 fully saturated rings. The van der Waals surface area contributed by atoms with Crippen molar-refractivity contribution in [2.75, 3.05) is 44.5 Å². The highest BCUT2D eigenvalue weighted by atomic mass is 32.2. The summed E-state index contributed by atoms with van der Waals surface area (Å²) in [6.45, 7) is 4.39. The molecule has 9 nitrogen and oxygen atoms in total. The van der Waals surface area contributed by atoms with E-state index < -0.39 is 20.0 Å². The minimum Gasteiger partial charge on any atom is -0.454 e. The van der Waals surface area contributed by atoms with Gasteiger partial charge in [0.05, 0.1) is 11.5 Å². The number of nitrogens with zero attached hydrogens (tertiary/aromatic N) is 2. The Morgan fingerprint density at radius 2 is 1.91 bits per heavy atom. The molecule has 2 saturated heterocycles. The van der Waals surface area contributed by atoms with Crippen LogP contribution in [-0.2, 0) is 26.5 Å². The monoisotopic (exact) mass is 499 g/mol. The molecule has 0 saturated carbocycles.